The Balaban J connectivity index is 1.05. The number of hydrogen-bond donors (Lipinski definition) is 2. The lowest BCUT2D eigenvalue weighted by Gasteiger charge is -2.43. The third kappa shape index (κ3) is 8.62. The zero-order valence-corrected chi connectivity index (χ0v) is 31.6. The molecule has 6 rings (SSSR count). The van der Waals surface area contributed by atoms with E-state index in [1.165, 1.54) is 8.61 Å². The van der Waals surface area contributed by atoms with Gasteiger partial charge in [0.1, 0.15) is 5.75 Å². The van der Waals surface area contributed by atoms with Crippen molar-refractivity contribution in [1.29, 1.82) is 0 Å². The van der Waals surface area contributed by atoms with E-state index in [2.05, 4.69) is 26.1 Å². The van der Waals surface area contributed by atoms with Crippen LogP contribution in [0.5, 0.6) is 5.75 Å². The number of anilines is 1. The van der Waals surface area contributed by atoms with Crippen molar-refractivity contribution in [3.63, 3.8) is 0 Å². The van der Waals surface area contributed by atoms with Gasteiger partial charge >= 0.3 is 12.1 Å². The molecule has 0 spiro atoms. The highest BCUT2D eigenvalue weighted by atomic mass is 79.9. The molecule has 3 fully saturated rings. The second-order valence-corrected chi connectivity index (χ2v) is 16.9. The maximum atomic E-state index is 14.0. The second-order valence-electron chi connectivity index (χ2n) is 13.9. The number of para-hydroxylation sites is 1. The molecule has 2 aromatic carbocycles. The van der Waals surface area contributed by atoms with Gasteiger partial charge < -0.3 is 29.9 Å². The molecular formula is C35H48BrN7O7S. The Kier molecular flexibility index (Phi) is 11.8. The summed E-state index contributed by atoms with van der Waals surface area (Å²) in [5, 5.41) is 13.1. The van der Waals surface area contributed by atoms with Gasteiger partial charge in [-0.05, 0) is 77.4 Å². The lowest BCUT2D eigenvalue weighted by molar-refractivity contribution is -0.143. The molecule has 0 unspecified atom stereocenters. The number of ether oxygens (including phenoxy) is 1. The largest absolute Gasteiger partial charge is 0.507 e. The number of halogens is 1. The van der Waals surface area contributed by atoms with Gasteiger partial charge in [-0.2, -0.15) is 17.0 Å². The first-order valence-corrected chi connectivity index (χ1v) is 19.9. The fraction of sp³-hybridized carbons (Fsp3) is 0.571. The van der Waals surface area contributed by atoms with Crippen molar-refractivity contribution in [2.24, 2.45) is 0 Å². The Hall–Kier alpha value is -3.44. The Morgan fingerprint density at radius 3 is 2.25 bits per heavy atom. The number of likely N-dealkylation sites (tertiary alicyclic amines) is 1. The number of carbonyl (C=O) groups is 3. The van der Waals surface area contributed by atoms with Crippen molar-refractivity contribution < 1.29 is 32.6 Å². The van der Waals surface area contributed by atoms with Gasteiger partial charge in [-0.1, -0.05) is 24.3 Å². The predicted molar refractivity (Wildman–Crippen MR) is 196 cm³/mol. The lowest BCUT2D eigenvalue weighted by Crippen LogP contribution is -2.57. The number of benzene rings is 2. The number of carbonyl (C=O) groups excluding carboxylic acids is 3. The molecule has 2 aromatic rings. The number of hydrogen-bond acceptors (Lipinski definition) is 8. The van der Waals surface area contributed by atoms with Crippen LogP contribution in [0.3, 0.4) is 0 Å². The number of phenolic OH excluding ortho intramolecular Hbond substituents is 1. The minimum atomic E-state index is -3.44. The molecule has 0 aliphatic carbocycles. The standard InChI is InChI=1S/C35H48BrN7O7S/c1-38(2)51(48,49)42-16-12-27(13-17-42)39-19-21-40(22-20-39)33(45)32(24-25-7-8-31(44)29(36)23-25)50-35(47)41-14-10-28(11-15-41)43-18-9-26-5-3-4-6-30(26)37-34(43)46/h3-8,23,27-28,32,44H,9-22,24H2,1-2H3,(H,37,46)/t32-/m1/s1. The summed E-state index contributed by atoms with van der Waals surface area (Å²) in [6.07, 6.45) is 1.93. The highest BCUT2D eigenvalue weighted by Crippen LogP contribution is 2.28. The van der Waals surface area contributed by atoms with Crippen molar-refractivity contribution >= 4 is 49.9 Å². The van der Waals surface area contributed by atoms with Gasteiger partial charge in [0.15, 0.2) is 6.10 Å². The SMILES string of the molecule is CN(C)S(=O)(=O)N1CCC(N2CCN(C(=O)[C@@H](Cc3ccc(O)c(Br)c3)OC(=O)N3CCC(N4CCc5ccccc5NC4=O)CC3)CC2)CC1. The van der Waals surface area contributed by atoms with Crippen LogP contribution in [0.1, 0.15) is 36.8 Å². The normalized spacial score (nSPS) is 20.9. The zero-order chi connectivity index (χ0) is 36.3. The van der Waals surface area contributed by atoms with Crippen LogP contribution in [0.25, 0.3) is 0 Å². The highest BCUT2D eigenvalue weighted by Gasteiger charge is 2.37. The topological polar surface area (TPSA) is 146 Å². The Morgan fingerprint density at radius 1 is 0.922 bits per heavy atom. The first-order chi connectivity index (χ1) is 24.4. The van der Waals surface area contributed by atoms with E-state index in [9.17, 15) is 27.9 Å². The number of nitrogens with one attached hydrogen (secondary N) is 1. The van der Waals surface area contributed by atoms with E-state index >= 15 is 0 Å². The van der Waals surface area contributed by atoms with Gasteiger partial charge in [-0.25, -0.2) is 9.59 Å². The summed E-state index contributed by atoms with van der Waals surface area (Å²) < 4.78 is 34.4. The molecule has 0 aromatic heterocycles. The number of rotatable bonds is 8. The molecule has 51 heavy (non-hydrogen) atoms. The summed E-state index contributed by atoms with van der Waals surface area (Å²) >= 11 is 3.35. The van der Waals surface area contributed by atoms with Crippen LogP contribution in [0, 0.1) is 0 Å². The molecule has 0 bridgehead atoms. The Labute approximate surface area is 308 Å². The summed E-state index contributed by atoms with van der Waals surface area (Å²) in [6.45, 7) is 4.55. The van der Waals surface area contributed by atoms with Crippen molar-refractivity contribution in [1.82, 2.24) is 28.2 Å². The third-order valence-electron chi connectivity index (χ3n) is 10.6. The maximum Gasteiger partial charge on any atom is 0.410 e. The van der Waals surface area contributed by atoms with E-state index in [1.807, 2.05) is 29.2 Å². The first-order valence-electron chi connectivity index (χ1n) is 17.7. The van der Waals surface area contributed by atoms with Crippen LogP contribution in [0.2, 0.25) is 0 Å². The molecule has 4 amide bonds. The molecule has 3 saturated heterocycles. The molecule has 16 heteroatoms. The maximum absolute atomic E-state index is 14.0. The number of nitrogens with zero attached hydrogens (tertiary/aromatic N) is 6. The summed E-state index contributed by atoms with van der Waals surface area (Å²) in [7, 11) is -0.350. The fourth-order valence-electron chi connectivity index (χ4n) is 7.55. The Bertz CT molecular complexity index is 1690. The van der Waals surface area contributed by atoms with E-state index in [1.54, 1.807) is 42.1 Å². The zero-order valence-electron chi connectivity index (χ0n) is 29.2. The van der Waals surface area contributed by atoms with Crippen LogP contribution >= 0.6 is 15.9 Å². The average Bonchev–Trinajstić information content (AvgIpc) is 3.30. The number of phenols is 1. The van der Waals surface area contributed by atoms with Gasteiger partial charge in [0.2, 0.25) is 0 Å². The smallest absolute Gasteiger partial charge is 0.410 e. The monoisotopic (exact) mass is 789 g/mol. The molecule has 4 heterocycles. The van der Waals surface area contributed by atoms with Crippen LogP contribution in [0.4, 0.5) is 15.3 Å². The number of fused-ring (bicyclic) bond motifs is 1. The van der Waals surface area contributed by atoms with Crippen molar-refractivity contribution in [3.05, 3.63) is 58.1 Å². The number of amides is 4. The summed E-state index contributed by atoms with van der Waals surface area (Å²) in [5.41, 5.74) is 2.67. The second kappa shape index (κ2) is 16.1. The van der Waals surface area contributed by atoms with Crippen molar-refractivity contribution in [2.75, 3.05) is 78.3 Å². The van der Waals surface area contributed by atoms with Crippen molar-refractivity contribution in [3.8, 4) is 5.75 Å². The van der Waals surface area contributed by atoms with Gasteiger partial charge in [0.25, 0.3) is 16.1 Å². The van der Waals surface area contributed by atoms with E-state index in [0.717, 1.165) is 36.1 Å². The molecule has 14 nitrogen and oxygen atoms in total. The number of urea groups is 1. The van der Waals surface area contributed by atoms with E-state index in [-0.39, 0.29) is 36.2 Å². The number of piperidine rings is 2. The molecule has 4 aliphatic rings. The number of piperazine rings is 1. The minimum absolute atomic E-state index is 0.0175. The van der Waals surface area contributed by atoms with Crippen LogP contribution in [0.15, 0.2) is 46.9 Å². The molecule has 0 saturated carbocycles. The lowest BCUT2D eigenvalue weighted by atomic mass is 10.0. The van der Waals surface area contributed by atoms with Gasteiger partial charge in [-0.15, -0.1) is 0 Å². The molecular weight excluding hydrogens is 742 g/mol. The molecule has 278 valence electrons. The molecule has 2 N–H and O–H groups in total. The third-order valence-corrected chi connectivity index (χ3v) is 13.2. The molecule has 1 atom stereocenters. The average molecular weight is 791 g/mol. The van der Waals surface area contributed by atoms with Crippen LogP contribution in [-0.4, -0.2) is 151 Å². The summed E-state index contributed by atoms with van der Waals surface area (Å²) in [6, 6.07) is 12.9. The molecule has 4 aliphatic heterocycles. The fourth-order valence-corrected chi connectivity index (χ4v) is 9.11. The minimum Gasteiger partial charge on any atom is -0.507 e. The van der Waals surface area contributed by atoms with Gasteiger partial charge in [0.05, 0.1) is 4.47 Å². The van der Waals surface area contributed by atoms with Gasteiger partial charge in [0, 0.05) is 97.2 Å². The van der Waals surface area contributed by atoms with Crippen LogP contribution in [-0.2, 0) is 32.6 Å². The number of aromatic hydroxyl groups is 1. The predicted octanol–water partition coefficient (Wildman–Crippen LogP) is 3.17. The summed E-state index contributed by atoms with van der Waals surface area (Å²) in [4.78, 5) is 48.2. The van der Waals surface area contributed by atoms with E-state index < -0.39 is 22.4 Å². The quantitative estimate of drug-likeness (QED) is 0.415. The van der Waals surface area contributed by atoms with Gasteiger partial charge in [-0.3, -0.25) is 9.69 Å². The molecule has 0 radical (unpaired) electrons. The van der Waals surface area contributed by atoms with Crippen molar-refractivity contribution in [2.45, 2.75) is 56.7 Å². The van der Waals surface area contributed by atoms with Crippen LogP contribution < -0.4 is 5.32 Å². The Morgan fingerprint density at radius 2 is 1.59 bits per heavy atom. The van der Waals surface area contributed by atoms with E-state index in [0.29, 0.717) is 76.2 Å². The summed E-state index contributed by atoms with van der Waals surface area (Å²) in [5.74, 6) is -0.195. The van der Waals surface area contributed by atoms with E-state index in [4.69, 9.17) is 4.74 Å². The first kappa shape index (κ1) is 37.3. The highest BCUT2D eigenvalue weighted by molar-refractivity contribution is 9.10.